The number of aromatic amines is 1. The fraction of sp³-hybridized carbons (Fsp3) is 0. The average molecular weight is 295 g/mol. The molecule has 2 aromatic rings. The van der Waals surface area contributed by atoms with Gasteiger partial charge in [-0.05, 0) is 6.07 Å². The van der Waals surface area contributed by atoms with E-state index >= 15 is 0 Å². The lowest BCUT2D eigenvalue weighted by molar-refractivity contribution is -0.387. The molecule has 0 aliphatic rings. The molecule has 0 fully saturated rings. The number of nitro benzene ring substituents is 1. The number of nitrogens with one attached hydrogen (secondary N) is 2. The van der Waals surface area contributed by atoms with Gasteiger partial charge in [0, 0.05) is 24.4 Å². The summed E-state index contributed by atoms with van der Waals surface area (Å²) >= 11 is 0. The Morgan fingerprint density at radius 2 is 1.95 bits per heavy atom. The first-order valence-electron chi connectivity index (χ1n) is 5.52. The van der Waals surface area contributed by atoms with E-state index in [-0.39, 0.29) is 5.56 Å². The molecule has 0 spiro atoms. The highest BCUT2D eigenvalue weighted by atomic mass is 19.1. The number of rotatable bonds is 3. The first kappa shape index (κ1) is 14.3. The molecule has 108 valence electrons. The number of benzene rings is 1. The molecule has 21 heavy (non-hydrogen) atoms. The predicted octanol–water partition coefficient (Wildman–Crippen LogP) is 1.81. The summed E-state index contributed by atoms with van der Waals surface area (Å²) in [4.78, 5) is 34.4. The van der Waals surface area contributed by atoms with Gasteiger partial charge in [-0.3, -0.25) is 19.7 Å². The molecule has 1 aromatic heterocycles. The Hall–Kier alpha value is -3.10. The molecule has 9 heteroatoms. The quantitative estimate of drug-likeness (QED) is 0.665. The van der Waals surface area contributed by atoms with Crippen LogP contribution in [0.4, 0.5) is 20.2 Å². The number of hydrogen-bond acceptors (Lipinski definition) is 4. The number of carbonyl (C=O) groups excluding carboxylic acids is 1. The van der Waals surface area contributed by atoms with E-state index < -0.39 is 39.4 Å². The van der Waals surface area contributed by atoms with Gasteiger partial charge in [-0.15, -0.1) is 0 Å². The Bertz CT molecular complexity index is 768. The van der Waals surface area contributed by atoms with Crippen molar-refractivity contribution in [1.29, 1.82) is 0 Å². The topological polar surface area (TPSA) is 105 Å². The van der Waals surface area contributed by atoms with Gasteiger partial charge in [-0.2, -0.15) is 4.39 Å². The monoisotopic (exact) mass is 295 g/mol. The van der Waals surface area contributed by atoms with Gasteiger partial charge in [-0.25, -0.2) is 4.39 Å². The minimum atomic E-state index is -1.35. The zero-order chi connectivity index (χ0) is 15.6. The summed E-state index contributed by atoms with van der Waals surface area (Å²) in [7, 11) is 0. The van der Waals surface area contributed by atoms with Crippen LogP contribution in [0.3, 0.4) is 0 Å². The zero-order valence-electron chi connectivity index (χ0n) is 10.2. The van der Waals surface area contributed by atoms with Crippen LogP contribution < -0.4 is 10.9 Å². The van der Waals surface area contributed by atoms with Gasteiger partial charge in [0.15, 0.2) is 0 Å². The number of halogens is 2. The van der Waals surface area contributed by atoms with Crippen LogP contribution in [-0.4, -0.2) is 15.8 Å². The van der Waals surface area contributed by atoms with Crippen LogP contribution in [0.5, 0.6) is 0 Å². The smallest absolute Gasteiger partial charge is 0.307 e. The van der Waals surface area contributed by atoms with E-state index in [1.54, 1.807) is 0 Å². The molecule has 7 nitrogen and oxygen atoms in total. The number of pyridine rings is 1. The molecule has 2 N–H and O–H groups in total. The molecule has 0 bridgehead atoms. The van der Waals surface area contributed by atoms with E-state index in [0.29, 0.717) is 12.1 Å². The molecular formula is C12H7F2N3O4. The fourth-order valence-electron chi connectivity index (χ4n) is 1.52. The molecule has 1 aromatic carbocycles. The Morgan fingerprint density at radius 3 is 2.52 bits per heavy atom. The SMILES string of the molecule is O=C(Nc1cc([N+](=O)[O-])c(F)cc1F)c1ccc(=O)[nH]c1. The van der Waals surface area contributed by atoms with E-state index in [9.17, 15) is 28.5 Å². The van der Waals surface area contributed by atoms with Gasteiger partial charge in [0.2, 0.25) is 11.4 Å². The average Bonchev–Trinajstić information content (AvgIpc) is 2.42. The molecular weight excluding hydrogens is 288 g/mol. The Labute approximate surface area is 115 Å². The van der Waals surface area contributed by atoms with Crippen molar-refractivity contribution in [2.24, 2.45) is 0 Å². The molecule has 0 saturated carbocycles. The number of H-pyrrole nitrogens is 1. The van der Waals surface area contributed by atoms with Crippen molar-refractivity contribution in [3.63, 3.8) is 0 Å². The van der Waals surface area contributed by atoms with Gasteiger partial charge >= 0.3 is 5.69 Å². The van der Waals surface area contributed by atoms with Crippen molar-refractivity contribution in [3.05, 3.63) is 68.1 Å². The Morgan fingerprint density at radius 1 is 1.24 bits per heavy atom. The molecule has 0 aliphatic carbocycles. The number of amides is 1. The highest BCUT2D eigenvalue weighted by Gasteiger charge is 2.20. The summed E-state index contributed by atoms with van der Waals surface area (Å²) in [5.74, 6) is -3.32. The molecule has 0 aliphatic heterocycles. The second kappa shape index (κ2) is 5.49. The molecule has 2 rings (SSSR count). The first-order valence-corrected chi connectivity index (χ1v) is 5.52. The van der Waals surface area contributed by atoms with Crippen molar-refractivity contribution < 1.29 is 18.5 Å². The third-order valence-corrected chi connectivity index (χ3v) is 2.53. The van der Waals surface area contributed by atoms with Crippen LogP contribution >= 0.6 is 0 Å². The van der Waals surface area contributed by atoms with Crippen molar-refractivity contribution in [2.75, 3.05) is 5.32 Å². The van der Waals surface area contributed by atoms with Crippen molar-refractivity contribution in [2.45, 2.75) is 0 Å². The molecule has 0 unspecified atom stereocenters. The standard InChI is InChI=1S/C12H7F2N3O4/c13-7-3-8(14)10(17(20)21)4-9(7)16-12(19)6-1-2-11(18)15-5-6/h1-5H,(H,15,18)(H,16,19). The van der Waals surface area contributed by atoms with E-state index in [4.69, 9.17) is 0 Å². The van der Waals surface area contributed by atoms with Gasteiger partial charge in [0.1, 0.15) is 5.82 Å². The summed E-state index contributed by atoms with van der Waals surface area (Å²) in [6.45, 7) is 0. The van der Waals surface area contributed by atoms with Gasteiger partial charge in [0.05, 0.1) is 16.2 Å². The number of anilines is 1. The highest BCUT2D eigenvalue weighted by molar-refractivity contribution is 6.04. The maximum Gasteiger partial charge on any atom is 0.307 e. The molecule has 0 radical (unpaired) electrons. The molecule has 1 heterocycles. The second-order valence-electron chi connectivity index (χ2n) is 3.94. The summed E-state index contributed by atoms with van der Waals surface area (Å²) in [5, 5.41) is 12.6. The number of nitrogens with zero attached hydrogens (tertiary/aromatic N) is 1. The molecule has 0 saturated heterocycles. The second-order valence-corrected chi connectivity index (χ2v) is 3.94. The van der Waals surface area contributed by atoms with E-state index in [2.05, 4.69) is 10.3 Å². The Balaban J connectivity index is 2.33. The largest absolute Gasteiger partial charge is 0.328 e. The minimum Gasteiger partial charge on any atom is -0.328 e. The predicted molar refractivity (Wildman–Crippen MR) is 68.0 cm³/mol. The summed E-state index contributed by atoms with van der Waals surface area (Å²) in [5.41, 5.74) is -1.94. The van der Waals surface area contributed by atoms with Crippen LogP contribution in [0.2, 0.25) is 0 Å². The third kappa shape index (κ3) is 3.08. The molecule has 0 atom stereocenters. The normalized spacial score (nSPS) is 10.2. The van der Waals surface area contributed by atoms with Gasteiger partial charge < -0.3 is 10.3 Å². The van der Waals surface area contributed by atoms with E-state index in [0.717, 1.165) is 12.3 Å². The van der Waals surface area contributed by atoms with Crippen molar-refractivity contribution in [3.8, 4) is 0 Å². The van der Waals surface area contributed by atoms with Crippen LogP contribution in [-0.2, 0) is 0 Å². The lowest BCUT2D eigenvalue weighted by Crippen LogP contribution is -2.15. The number of carbonyl (C=O) groups is 1. The lowest BCUT2D eigenvalue weighted by atomic mass is 10.2. The first-order chi connectivity index (χ1) is 9.88. The lowest BCUT2D eigenvalue weighted by Gasteiger charge is -2.06. The van der Waals surface area contributed by atoms with Crippen LogP contribution in [0.1, 0.15) is 10.4 Å². The maximum atomic E-state index is 13.5. The number of nitro groups is 1. The summed E-state index contributed by atoms with van der Waals surface area (Å²) in [6, 6.07) is 3.15. The van der Waals surface area contributed by atoms with Crippen molar-refractivity contribution in [1.82, 2.24) is 4.98 Å². The summed E-state index contributed by atoms with van der Waals surface area (Å²) in [6.07, 6.45) is 1.09. The van der Waals surface area contributed by atoms with E-state index in [1.165, 1.54) is 6.07 Å². The van der Waals surface area contributed by atoms with Gasteiger partial charge in [-0.1, -0.05) is 0 Å². The third-order valence-electron chi connectivity index (χ3n) is 2.53. The number of aromatic nitrogens is 1. The minimum absolute atomic E-state index is 0.000906. The maximum absolute atomic E-state index is 13.5. The zero-order valence-corrected chi connectivity index (χ0v) is 10.2. The van der Waals surface area contributed by atoms with Gasteiger partial charge in [0.25, 0.3) is 5.91 Å². The fourth-order valence-corrected chi connectivity index (χ4v) is 1.52. The van der Waals surface area contributed by atoms with Crippen LogP contribution in [0, 0.1) is 21.7 Å². The molecule has 1 amide bonds. The Kier molecular flexibility index (Phi) is 3.74. The summed E-state index contributed by atoms with van der Waals surface area (Å²) < 4.78 is 26.7. The van der Waals surface area contributed by atoms with Crippen LogP contribution in [0.15, 0.2) is 35.3 Å². The highest BCUT2D eigenvalue weighted by Crippen LogP contribution is 2.25. The van der Waals surface area contributed by atoms with Crippen molar-refractivity contribution >= 4 is 17.3 Å². The van der Waals surface area contributed by atoms with E-state index in [1.807, 2.05) is 0 Å². The number of hydrogen-bond donors (Lipinski definition) is 2. The van der Waals surface area contributed by atoms with Crippen LogP contribution in [0.25, 0.3) is 0 Å².